The summed E-state index contributed by atoms with van der Waals surface area (Å²) < 4.78 is 8.52. The number of hydrogen-bond acceptors (Lipinski definition) is 6. The van der Waals surface area contributed by atoms with Crippen molar-refractivity contribution in [2.75, 3.05) is 0 Å². The molecule has 0 saturated carbocycles. The lowest BCUT2D eigenvalue weighted by Crippen LogP contribution is -2.36. The molecular formula is C7H8O6. The van der Waals surface area contributed by atoms with Crippen LogP contribution in [0, 0.1) is 0 Å². The van der Waals surface area contributed by atoms with Crippen molar-refractivity contribution in [3.8, 4) is 0 Å². The standard InChI is InChI=1S/C7H8O6/c1-2-7(11)12-5(9)3-4(8)6(10)13-7/h2,4,8,11H,1,3H2. The van der Waals surface area contributed by atoms with Gasteiger partial charge in [-0.05, 0) is 0 Å². The molecule has 0 aromatic rings. The Kier molecular flexibility index (Phi) is 2.35. The normalized spacial score (nSPS) is 34.5. The van der Waals surface area contributed by atoms with Gasteiger partial charge < -0.3 is 19.7 Å². The van der Waals surface area contributed by atoms with Crippen LogP contribution in [0.1, 0.15) is 6.42 Å². The van der Waals surface area contributed by atoms with E-state index in [2.05, 4.69) is 16.1 Å². The highest BCUT2D eigenvalue weighted by atomic mass is 16.8. The van der Waals surface area contributed by atoms with E-state index in [1.165, 1.54) is 0 Å². The summed E-state index contributed by atoms with van der Waals surface area (Å²) in [4.78, 5) is 21.6. The predicted octanol–water partition coefficient (Wildman–Crippen LogP) is -1.33. The van der Waals surface area contributed by atoms with Crippen LogP contribution in [0.4, 0.5) is 0 Å². The minimum Gasteiger partial charge on any atom is -0.395 e. The van der Waals surface area contributed by atoms with Gasteiger partial charge >= 0.3 is 17.9 Å². The Bertz CT molecular complexity index is 260. The third-order valence-electron chi connectivity index (χ3n) is 1.40. The Morgan fingerprint density at radius 2 is 2.15 bits per heavy atom. The molecule has 6 nitrogen and oxygen atoms in total. The largest absolute Gasteiger partial charge is 0.395 e. The van der Waals surface area contributed by atoms with E-state index in [4.69, 9.17) is 5.11 Å². The summed E-state index contributed by atoms with van der Waals surface area (Å²) in [5, 5.41) is 18.1. The van der Waals surface area contributed by atoms with Gasteiger partial charge in [-0.25, -0.2) is 4.79 Å². The molecule has 0 aliphatic carbocycles. The second-order valence-corrected chi connectivity index (χ2v) is 2.45. The zero-order chi connectivity index (χ0) is 10.1. The average molecular weight is 188 g/mol. The van der Waals surface area contributed by atoms with Gasteiger partial charge in [0.2, 0.25) is 0 Å². The lowest BCUT2D eigenvalue weighted by molar-refractivity contribution is -0.292. The summed E-state index contributed by atoms with van der Waals surface area (Å²) in [6, 6.07) is 0. The second-order valence-electron chi connectivity index (χ2n) is 2.45. The van der Waals surface area contributed by atoms with Gasteiger partial charge in [-0.2, -0.15) is 0 Å². The maximum atomic E-state index is 10.8. The highest BCUT2D eigenvalue weighted by Gasteiger charge is 2.40. The minimum absolute atomic E-state index is 0.547. The molecule has 13 heavy (non-hydrogen) atoms. The number of carbonyl (C=O) groups is 2. The Balaban J connectivity index is 2.88. The maximum Gasteiger partial charge on any atom is 0.395 e. The molecule has 1 heterocycles. The van der Waals surface area contributed by atoms with Gasteiger partial charge in [0, 0.05) is 6.08 Å². The molecule has 2 N–H and O–H groups in total. The van der Waals surface area contributed by atoms with Crippen molar-refractivity contribution >= 4 is 11.9 Å². The third-order valence-corrected chi connectivity index (χ3v) is 1.40. The van der Waals surface area contributed by atoms with Crippen molar-refractivity contribution in [2.24, 2.45) is 0 Å². The van der Waals surface area contributed by atoms with Gasteiger partial charge in [0.15, 0.2) is 6.10 Å². The highest BCUT2D eigenvalue weighted by Crippen LogP contribution is 2.18. The van der Waals surface area contributed by atoms with Crippen molar-refractivity contribution in [2.45, 2.75) is 18.5 Å². The van der Waals surface area contributed by atoms with Crippen LogP contribution in [-0.2, 0) is 19.1 Å². The van der Waals surface area contributed by atoms with Crippen molar-refractivity contribution in [3.63, 3.8) is 0 Å². The molecule has 6 heteroatoms. The van der Waals surface area contributed by atoms with Gasteiger partial charge in [-0.15, -0.1) is 0 Å². The monoisotopic (exact) mass is 188 g/mol. The zero-order valence-electron chi connectivity index (χ0n) is 6.60. The van der Waals surface area contributed by atoms with Crippen LogP contribution in [0.5, 0.6) is 0 Å². The minimum atomic E-state index is -2.47. The Hall–Kier alpha value is -1.40. The van der Waals surface area contributed by atoms with Crippen molar-refractivity contribution in [1.82, 2.24) is 0 Å². The number of aliphatic hydroxyl groups excluding tert-OH is 1. The van der Waals surface area contributed by atoms with E-state index in [1.54, 1.807) is 0 Å². The fourth-order valence-corrected chi connectivity index (χ4v) is 0.762. The van der Waals surface area contributed by atoms with E-state index in [-0.39, 0.29) is 0 Å². The highest BCUT2D eigenvalue weighted by molar-refractivity contribution is 5.83. The molecule has 0 bridgehead atoms. The molecule has 0 aromatic carbocycles. The van der Waals surface area contributed by atoms with Crippen LogP contribution in [0.2, 0.25) is 0 Å². The van der Waals surface area contributed by atoms with Gasteiger partial charge in [0.1, 0.15) is 0 Å². The molecule has 0 spiro atoms. The van der Waals surface area contributed by atoms with Gasteiger partial charge in [0.05, 0.1) is 6.42 Å². The third kappa shape index (κ3) is 2.04. The van der Waals surface area contributed by atoms with Gasteiger partial charge in [-0.3, -0.25) is 4.79 Å². The van der Waals surface area contributed by atoms with Crippen molar-refractivity contribution in [1.29, 1.82) is 0 Å². The van der Waals surface area contributed by atoms with Crippen LogP contribution in [0.3, 0.4) is 0 Å². The van der Waals surface area contributed by atoms with E-state index >= 15 is 0 Å². The average Bonchev–Trinajstić information content (AvgIpc) is 2.11. The maximum absolute atomic E-state index is 10.8. The van der Waals surface area contributed by atoms with Crippen molar-refractivity contribution < 1.29 is 29.3 Å². The Morgan fingerprint density at radius 1 is 1.54 bits per heavy atom. The first kappa shape index (κ1) is 9.69. The topological polar surface area (TPSA) is 93.1 Å². The molecule has 0 radical (unpaired) electrons. The number of hydrogen-bond donors (Lipinski definition) is 2. The van der Waals surface area contributed by atoms with E-state index in [1.807, 2.05) is 0 Å². The van der Waals surface area contributed by atoms with Gasteiger partial charge in [0.25, 0.3) is 0 Å². The van der Waals surface area contributed by atoms with Crippen LogP contribution in [0.15, 0.2) is 12.7 Å². The summed E-state index contributed by atoms with van der Waals surface area (Å²) in [6.07, 6.45) is -1.42. The van der Waals surface area contributed by atoms with E-state index < -0.39 is 30.4 Å². The zero-order valence-corrected chi connectivity index (χ0v) is 6.60. The fraction of sp³-hybridized carbons (Fsp3) is 0.429. The molecule has 2 unspecified atom stereocenters. The number of aliphatic hydroxyl groups is 2. The smallest absolute Gasteiger partial charge is 0.395 e. The summed E-state index contributed by atoms with van der Waals surface area (Å²) >= 11 is 0. The van der Waals surface area contributed by atoms with E-state index in [9.17, 15) is 14.7 Å². The molecule has 1 saturated heterocycles. The number of esters is 2. The van der Waals surface area contributed by atoms with E-state index in [0.717, 1.165) is 6.08 Å². The molecule has 1 fully saturated rings. The van der Waals surface area contributed by atoms with Crippen LogP contribution in [0.25, 0.3) is 0 Å². The number of cyclic esters (lactones) is 2. The molecule has 0 amide bonds. The van der Waals surface area contributed by atoms with Crippen LogP contribution < -0.4 is 0 Å². The summed E-state index contributed by atoms with van der Waals surface area (Å²) in [5.74, 6) is -4.54. The van der Waals surface area contributed by atoms with Gasteiger partial charge in [-0.1, -0.05) is 6.58 Å². The number of rotatable bonds is 1. The molecule has 2 atom stereocenters. The molecule has 0 aromatic heterocycles. The first-order valence-electron chi connectivity index (χ1n) is 3.45. The quantitative estimate of drug-likeness (QED) is 0.391. The summed E-state index contributed by atoms with van der Waals surface area (Å²) in [7, 11) is 0. The fourth-order valence-electron chi connectivity index (χ4n) is 0.762. The predicted molar refractivity (Wildman–Crippen MR) is 38.0 cm³/mol. The van der Waals surface area contributed by atoms with Crippen LogP contribution >= 0.6 is 0 Å². The van der Waals surface area contributed by atoms with Crippen LogP contribution in [-0.4, -0.2) is 34.2 Å². The van der Waals surface area contributed by atoms with Crippen molar-refractivity contribution in [3.05, 3.63) is 12.7 Å². The van der Waals surface area contributed by atoms with E-state index in [0.29, 0.717) is 0 Å². The SMILES string of the molecule is C=CC1(O)OC(=O)CC(O)C(=O)O1. The first-order valence-corrected chi connectivity index (χ1v) is 3.45. The Labute approximate surface area is 73.4 Å². The molecule has 1 aliphatic heterocycles. The summed E-state index contributed by atoms with van der Waals surface area (Å²) in [5.41, 5.74) is 0. The molecule has 1 aliphatic rings. The molecule has 1 rings (SSSR count). The number of carbonyl (C=O) groups excluding carboxylic acids is 2. The molecular weight excluding hydrogens is 180 g/mol. The molecule has 72 valence electrons. The second kappa shape index (κ2) is 3.15. The summed E-state index contributed by atoms with van der Waals surface area (Å²) in [6.45, 7) is 3.11. The number of ether oxygens (including phenoxy) is 2. The Morgan fingerprint density at radius 3 is 2.69 bits per heavy atom. The first-order chi connectivity index (χ1) is 5.97. The lowest BCUT2D eigenvalue weighted by Gasteiger charge is -2.20. The lowest BCUT2D eigenvalue weighted by atomic mass is 10.3.